The summed E-state index contributed by atoms with van der Waals surface area (Å²) in [6.45, 7) is 3.65. The maximum Gasteiger partial charge on any atom is 0.267 e. The Labute approximate surface area is 131 Å². The highest BCUT2D eigenvalue weighted by atomic mass is 79.9. The summed E-state index contributed by atoms with van der Waals surface area (Å²) in [5.41, 5.74) is 1.24. The van der Waals surface area contributed by atoms with Crippen molar-refractivity contribution >= 4 is 21.8 Å². The average molecular weight is 350 g/mol. The number of hydrogen-bond acceptors (Lipinski definition) is 3. The Kier molecular flexibility index (Phi) is 4.90. The topological polar surface area (TPSA) is 64.0 Å². The maximum absolute atomic E-state index is 11.8. The standard InChI is InChI=1S/C15H16BrN3O2/c1-10(2)17-14(20)9-19-15(21)8-7-13(18-19)11-3-5-12(16)6-4-11/h3-8,10H,9H2,1-2H3,(H,17,20). The SMILES string of the molecule is CC(C)NC(=O)Cn1nc(-c2ccc(Br)cc2)ccc1=O. The molecule has 0 atom stereocenters. The minimum Gasteiger partial charge on any atom is -0.352 e. The molecular weight excluding hydrogens is 334 g/mol. The zero-order valence-corrected chi connectivity index (χ0v) is 13.4. The third-order valence-corrected chi connectivity index (χ3v) is 3.28. The summed E-state index contributed by atoms with van der Waals surface area (Å²) in [4.78, 5) is 23.5. The smallest absolute Gasteiger partial charge is 0.267 e. The van der Waals surface area contributed by atoms with Crippen LogP contribution in [-0.2, 0) is 11.3 Å². The molecule has 0 saturated heterocycles. The summed E-state index contributed by atoms with van der Waals surface area (Å²) < 4.78 is 2.14. The first-order valence-electron chi connectivity index (χ1n) is 6.59. The van der Waals surface area contributed by atoms with Gasteiger partial charge in [-0.15, -0.1) is 0 Å². The van der Waals surface area contributed by atoms with E-state index in [1.807, 2.05) is 38.1 Å². The van der Waals surface area contributed by atoms with E-state index in [0.717, 1.165) is 10.0 Å². The maximum atomic E-state index is 11.8. The number of aromatic nitrogens is 2. The monoisotopic (exact) mass is 349 g/mol. The second-order valence-corrected chi connectivity index (χ2v) is 5.86. The lowest BCUT2D eigenvalue weighted by molar-refractivity contribution is -0.122. The van der Waals surface area contributed by atoms with E-state index in [-0.39, 0.29) is 24.1 Å². The van der Waals surface area contributed by atoms with Gasteiger partial charge in [-0.2, -0.15) is 5.10 Å². The molecule has 2 aromatic rings. The van der Waals surface area contributed by atoms with E-state index in [2.05, 4.69) is 26.3 Å². The molecule has 0 radical (unpaired) electrons. The van der Waals surface area contributed by atoms with Gasteiger partial charge in [0.25, 0.3) is 5.56 Å². The number of rotatable bonds is 4. The molecular formula is C15H16BrN3O2. The van der Waals surface area contributed by atoms with Crippen LogP contribution in [0.15, 0.2) is 45.7 Å². The largest absolute Gasteiger partial charge is 0.352 e. The van der Waals surface area contributed by atoms with Crippen LogP contribution in [0.5, 0.6) is 0 Å². The Morgan fingerprint density at radius 2 is 1.90 bits per heavy atom. The summed E-state index contributed by atoms with van der Waals surface area (Å²) >= 11 is 3.37. The predicted octanol–water partition coefficient (Wildman–Crippen LogP) is 2.20. The van der Waals surface area contributed by atoms with E-state index in [4.69, 9.17) is 0 Å². The Hall–Kier alpha value is -1.95. The second kappa shape index (κ2) is 6.67. The van der Waals surface area contributed by atoms with Crippen molar-refractivity contribution in [2.75, 3.05) is 0 Å². The van der Waals surface area contributed by atoms with Crippen molar-refractivity contribution in [3.63, 3.8) is 0 Å². The number of benzene rings is 1. The Morgan fingerprint density at radius 1 is 1.24 bits per heavy atom. The first-order valence-corrected chi connectivity index (χ1v) is 7.38. The Balaban J connectivity index is 2.27. The molecule has 21 heavy (non-hydrogen) atoms. The van der Waals surface area contributed by atoms with Crippen LogP contribution in [0.2, 0.25) is 0 Å². The van der Waals surface area contributed by atoms with Gasteiger partial charge in [-0.05, 0) is 32.0 Å². The molecule has 0 spiro atoms. The third kappa shape index (κ3) is 4.26. The van der Waals surface area contributed by atoms with Crippen molar-refractivity contribution in [1.82, 2.24) is 15.1 Å². The minimum atomic E-state index is -0.297. The van der Waals surface area contributed by atoms with Crippen LogP contribution in [0, 0.1) is 0 Å². The van der Waals surface area contributed by atoms with Gasteiger partial charge in [0.1, 0.15) is 6.54 Å². The van der Waals surface area contributed by atoms with Gasteiger partial charge >= 0.3 is 0 Å². The molecule has 0 fully saturated rings. The van der Waals surface area contributed by atoms with Crippen molar-refractivity contribution < 1.29 is 4.79 Å². The fourth-order valence-electron chi connectivity index (χ4n) is 1.84. The van der Waals surface area contributed by atoms with Crippen LogP contribution in [0.25, 0.3) is 11.3 Å². The lowest BCUT2D eigenvalue weighted by Gasteiger charge is -2.10. The van der Waals surface area contributed by atoms with E-state index in [9.17, 15) is 9.59 Å². The van der Waals surface area contributed by atoms with Gasteiger partial charge in [-0.3, -0.25) is 9.59 Å². The van der Waals surface area contributed by atoms with Gasteiger partial charge in [-0.1, -0.05) is 28.1 Å². The highest BCUT2D eigenvalue weighted by molar-refractivity contribution is 9.10. The molecule has 0 aliphatic heterocycles. The normalized spacial score (nSPS) is 10.7. The summed E-state index contributed by atoms with van der Waals surface area (Å²) in [7, 11) is 0. The van der Waals surface area contributed by atoms with E-state index >= 15 is 0 Å². The molecule has 1 aromatic heterocycles. The molecule has 0 unspecified atom stereocenters. The Morgan fingerprint density at radius 3 is 2.52 bits per heavy atom. The summed E-state index contributed by atoms with van der Waals surface area (Å²) in [6, 6.07) is 10.7. The van der Waals surface area contributed by atoms with Crippen LogP contribution in [0.3, 0.4) is 0 Å². The number of nitrogens with one attached hydrogen (secondary N) is 1. The molecule has 2 rings (SSSR count). The van der Waals surface area contributed by atoms with Gasteiger partial charge in [0.05, 0.1) is 5.69 Å². The molecule has 0 aliphatic rings. The molecule has 1 aromatic carbocycles. The molecule has 0 bridgehead atoms. The van der Waals surface area contributed by atoms with E-state index in [1.165, 1.54) is 10.7 Å². The average Bonchev–Trinajstić information content (AvgIpc) is 2.41. The lowest BCUT2D eigenvalue weighted by Crippen LogP contribution is -2.36. The predicted molar refractivity (Wildman–Crippen MR) is 84.9 cm³/mol. The molecule has 110 valence electrons. The highest BCUT2D eigenvalue weighted by Gasteiger charge is 2.08. The molecule has 0 saturated carbocycles. The van der Waals surface area contributed by atoms with Crippen LogP contribution in [0.4, 0.5) is 0 Å². The molecule has 6 heteroatoms. The number of hydrogen-bond donors (Lipinski definition) is 1. The number of carbonyl (C=O) groups is 1. The fourth-order valence-corrected chi connectivity index (χ4v) is 2.10. The molecule has 1 N–H and O–H groups in total. The Bertz CT molecular complexity index is 693. The van der Waals surface area contributed by atoms with Gasteiger partial charge in [0, 0.05) is 22.1 Å². The first-order chi connectivity index (χ1) is 9.95. The number of nitrogens with zero attached hydrogens (tertiary/aromatic N) is 2. The second-order valence-electron chi connectivity index (χ2n) is 4.94. The summed E-state index contributed by atoms with van der Waals surface area (Å²) in [5, 5.41) is 6.99. The zero-order valence-electron chi connectivity index (χ0n) is 11.8. The van der Waals surface area contributed by atoms with Gasteiger partial charge in [0.15, 0.2) is 0 Å². The molecule has 0 aliphatic carbocycles. The van der Waals surface area contributed by atoms with Crippen LogP contribution in [-0.4, -0.2) is 21.7 Å². The van der Waals surface area contributed by atoms with Crippen molar-refractivity contribution in [2.45, 2.75) is 26.4 Å². The van der Waals surface area contributed by atoms with Crippen molar-refractivity contribution in [3.05, 3.63) is 51.2 Å². The van der Waals surface area contributed by atoms with Crippen molar-refractivity contribution in [1.29, 1.82) is 0 Å². The lowest BCUT2D eigenvalue weighted by atomic mass is 10.1. The highest BCUT2D eigenvalue weighted by Crippen LogP contribution is 2.18. The fraction of sp³-hybridized carbons (Fsp3) is 0.267. The number of amides is 1. The van der Waals surface area contributed by atoms with E-state index < -0.39 is 0 Å². The molecule has 1 amide bonds. The zero-order chi connectivity index (χ0) is 15.4. The van der Waals surface area contributed by atoms with Gasteiger partial charge in [0.2, 0.25) is 5.91 Å². The number of halogens is 1. The number of carbonyl (C=O) groups excluding carboxylic acids is 1. The summed E-state index contributed by atoms with van der Waals surface area (Å²) in [6.07, 6.45) is 0. The van der Waals surface area contributed by atoms with E-state index in [1.54, 1.807) is 6.07 Å². The van der Waals surface area contributed by atoms with Crippen molar-refractivity contribution in [3.8, 4) is 11.3 Å². The molecule has 5 nitrogen and oxygen atoms in total. The van der Waals surface area contributed by atoms with E-state index in [0.29, 0.717) is 5.69 Å². The first kappa shape index (κ1) is 15.4. The third-order valence-electron chi connectivity index (χ3n) is 2.75. The van der Waals surface area contributed by atoms with Gasteiger partial charge < -0.3 is 5.32 Å². The van der Waals surface area contributed by atoms with Crippen LogP contribution >= 0.6 is 15.9 Å². The molecule has 1 heterocycles. The van der Waals surface area contributed by atoms with Gasteiger partial charge in [-0.25, -0.2) is 4.68 Å². The van der Waals surface area contributed by atoms with Crippen LogP contribution < -0.4 is 10.9 Å². The summed E-state index contributed by atoms with van der Waals surface area (Å²) in [5.74, 6) is -0.229. The van der Waals surface area contributed by atoms with Crippen molar-refractivity contribution in [2.24, 2.45) is 0 Å². The minimum absolute atomic E-state index is 0.0304. The van der Waals surface area contributed by atoms with Crippen LogP contribution in [0.1, 0.15) is 13.8 Å². The quantitative estimate of drug-likeness (QED) is 0.920.